The summed E-state index contributed by atoms with van der Waals surface area (Å²) in [6, 6.07) is 6.89. The van der Waals surface area contributed by atoms with E-state index in [4.69, 9.17) is 4.74 Å². The average molecular weight is 317 g/mol. The first-order valence-corrected chi connectivity index (χ1v) is 7.86. The molecule has 0 radical (unpaired) electrons. The van der Waals surface area contributed by atoms with Crippen LogP contribution < -0.4 is 10.9 Å². The second-order valence-electron chi connectivity index (χ2n) is 5.48. The number of nitrogens with zero attached hydrogens (tertiary/aromatic N) is 2. The van der Waals surface area contributed by atoms with Crippen molar-refractivity contribution in [3.8, 4) is 0 Å². The quantitative estimate of drug-likeness (QED) is 0.848. The molecule has 0 saturated heterocycles. The van der Waals surface area contributed by atoms with Gasteiger partial charge in [0.15, 0.2) is 0 Å². The van der Waals surface area contributed by atoms with Crippen LogP contribution in [0.3, 0.4) is 0 Å². The van der Waals surface area contributed by atoms with Crippen molar-refractivity contribution in [2.24, 2.45) is 0 Å². The molecule has 0 saturated carbocycles. The molecule has 0 aliphatic heterocycles. The summed E-state index contributed by atoms with van der Waals surface area (Å²) in [4.78, 5) is 29.2. The Kier molecular flexibility index (Phi) is 5.87. The van der Waals surface area contributed by atoms with Crippen LogP contribution in [0.4, 0.5) is 0 Å². The van der Waals surface area contributed by atoms with E-state index in [0.717, 1.165) is 6.42 Å². The molecule has 1 aromatic heterocycles. The fourth-order valence-corrected chi connectivity index (χ4v) is 2.52. The molecular formula is C17H23N3O3. The maximum atomic E-state index is 12.7. The molecule has 2 aromatic rings. The molecule has 6 nitrogen and oxygen atoms in total. The van der Waals surface area contributed by atoms with Crippen LogP contribution in [0.1, 0.15) is 38.6 Å². The second-order valence-corrected chi connectivity index (χ2v) is 5.48. The van der Waals surface area contributed by atoms with Gasteiger partial charge in [-0.3, -0.25) is 14.2 Å². The third kappa shape index (κ3) is 3.96. The summed E-state index contributed by atoms with van der Waals surface area (Å²) in [6.07, 6.45) is 1.24. The zero-order chi connectivity index (χ0) is 16.8. The molecule has 1 N–H and O–H groups in total. The van der Waals surface area contributed by atoms with Crippen molar-refractivity contribution in [1.82, 2.24) is 14.9 Å². The summed E-state index contributed by atoms with van der Waals surface area (Å²) in [5.41, 5.74) is 0.525. The van der Waals surface area contributed by atoms with Crippen molar-refractivity contribution < 1.29 is 9.53 Å². The first-order chi connectivity index (χ1) is 11.1. The van der Waals surface area contributed by atoms with Crippen molar-refractivity contribution in [1.29, 1.82) is 0 Å². The van der Waals surface area contributed by atoms with Gasteiger partial charge in [0.05, 0.1) is 30.1 Å². The number of methoxy groups -OCH3 is 1. The van der Waals surface area contributed by atoms with E-state index in [0.29, 0.717) is 36.3 Å². The molecule has 0 fully saturated rings. The number of rotatable bonds is 7. The summed E-state index contributed by atoms with van der Waals surface area (Å²) in [7, 11) is 1.59. The Labute approximate surface area is 135 Å². The standard InChI is InChI=1S/C17H23N3O3/c1-4-7-15(21)18-12(2)16-19-14-9-6-5-8-13(14)17(22)20(16)10-11-23-3/h5-6,8-9,12H,4,7,10-11H2,1-3H3,(H,18,21)/t12-/m0/s1. The number of carbonyl (C=O) groups excluding carboxylic acids is 1. The van der Waals surface area contributed by atoms with Crippen LogP contribution in [-0.4, -0.2) is 29.2 Å². The number of ether oxygens (including phenoxy) is 1. The molecule has 1 heterocycles. The van der Waals surface area contributed by atoms with Gasteiger partial charge in [-0.1, -0.05) is 19.1 Å². The monoisotopic (exact) mass is 317 g/mol. The molecule has 1 aromatic carbocycles. The lowest BCUT2D eigenvalue weighted by Gasteiger charge is -2.19. The van der Waals surface area contributed by atoms with Gasteiger partial charge in [-0.2, -0.15) is 0 Å². The number of hydrogen-bond donors (Lipinski definition) is 1. The van der Waals surface area contributed by atoms with Gasteiger partial charge in [0.2, 0.25) is 5.91 Å². The van der Waals surface area contributed by atoms with Crippen LogP contribution in [0.25, 0.3) is 10.9 Å². The highest BCUT2D eigenvalue weighted by Gasteiger charge is 2.17. The molecule has 23 heavy (non-hydrogen) atoms. The predicted octanol–water partition coefficient (Wildman–Crippen LogP) is 2.02. The highest BCUT2D eigenvalue weighted by atomic mass is 16.5. The fraction of sp³-hybridized carbons (Fsp3) is 0.471. The van der Waals surface area contributed by atoms with E-state index < -0.39 is 0 Å². The Balaban J connectivity index is 2.46. The van der Waals surface area contributed by atoms with E-state index in [1.54, 1.807) is 17.7 Å². The molecular weight excluding hydrogens is 294 g/mol. The van der Waals surface area contributed by atoms with Gasteiger partial charge >= 0.3 is 0 Å². The van der Waals surface area contributed by atoms with E-state index in [1.165, 1.54) is 0 Å². The number of fused-ring (bicyclic) bond motifs is 1. The molecule has 0 unspecified atom stereocenters. The van der Waals surface area contributed by atoms with Crippen molar-refractivity contribution in [3.63, 3.8) is 0 Å². The minimum atomic E-state index is -0.344. The minimum Gasteiger partial charge on any atom is -0.383 e. The molecule has 0 aliphatic carbocycles. The lowest BCUT2D eigenvalue weighted by Crippen LogP contribution is -2.34. The van der Waals surface area contributed by atoms with Gasteiger partial charge in [0, 0.05) is 13.5 Å². The number of para-hydroxylation sites is 1. The smallest absolute Gasteiger partial charge is 0.261 e. The van der Waals surface area contributed by atoms with Crippen LogP contribution in [0.15, 0.2) is 29.1 Å². The number of hydrogen-bond acceptors (Lipinski definition) is 4. The predicted molar refractivity (Wildman–Crippen MR) is 89.3 cm³/mol. The lowest BCUT2D eigenvalue weighted by molar-refractivity contribution is -0.121. The van der Waals surface area contributed by atoms with Gasteiger partial charge in [-0.05, 0) is 25.5 Å². The zero-order valence-electron chi connectivity index (χ0n) is 13.8. The van der Waals surface area contributed by atoms with Crippen LogP contribution >= 0.6 is 0 Å². The van der Waals surface area contributed by atoms with Crippen molar-refractivity contribution in [2.45, 2.75) is 39.3 Å². The molecule has 0 bridgehead atoms. The van der Waals surface area contributed by atoms with E-state index in [2.05, 4.69) is 10.3 Å². The number of benzene rings is 1. The molecule has 2 rings (SSSR count). The summed E-state index contributed by atoms with van der Waals surface area (Å²) in [5.74, 6) is 0.510. The van der Waals surface area contributed by atoms with Gasteiger partial charge in [-0.15, -0.1) is 0 Å². The van der Waals surface area contributed by atoms with Gasteiger partial charge in [0.25, 0.3) is 5.56 Å². The number of aromatic nitrogens is 2. The maximum absolute atomic E-state index is 12.7. The topological polar surface area (TPSA) is 73.2 Å². The Hall–Kier alpha value is -2.21. The first-order valence-electron chi connectivity index (χ1n) is 7.86. The molecule has 1 amide bonds. The number of carbonyl (C=O) groups is 1. The summed E-state index contributed by atoms with van der Waals surface area (Å²) in [6.45, 7) is 4.60. The van der Waals surface area contributed by atoms with Crippen molar-refractivity contribution >= 4 is 16.8 Å². The molecule has 6 heteroatoms. The summed E-state index contributed by atoms with van der Waals surface area (Å²) >= 11 is 0. The largest absolute Gasteiger partial charge is 0.383 e. The average Bonchev–Trinajstić information content (AvgIpc) is 2.54. The highest BCUT2D eigenvalue weighted by molar-refractivity contribution is 5.78. The second kappa shape index (κ2) is 7.87. The third-order valence-electron chi connectivity index (χ3n) is 3.65. The third-order valence-corrected chi connectivity index (χ3v) is 3.65. The van der Waals surface area contributed by atoms with Gasteiger partial charge < -0.3 is 10.1 Å². The molecule has 124 valence electrons. The molecule has 0 aliphatic rings. The number of amides is 1. The van der Waals surface area contributed by atoms with E-state index in [-0.39, 0.29) is 17.5 Å². The van der Waals surface area contributed by atoms with E-state index in [9.17, 15) is 9.59 Å². The fourth-order valence-electron chi connectivity index (χ4n) is 2.52. The first kappa shape index (κ1) is 17.1. The summed E-state index contributed by atoms with van der Waals surface area (Å²) in [5, 5.41) is 3.47. The van der Waals surface area contributed by atoms with Gasteiger partial charge in [-0.25, -0.2) is 4.98 Å². The lowest BCUT2D eigenvalue weighted by atomic mass is 10.2. The minimum absolute atomic E-state index is 0.0410. The SMILES string of the molecule is CCCC(=O)N[C@@H](C)c1nc2ccccc2c(=O)n1CCOC. The Morgan fingerprint density at radius 1 is 1.39 bits per heavy atom. The van der Waals surface area contributed by atoms with Gasteiger partial charge in [0.1, 0.15) is 5.82 Å². The zero-order valence-corrected chi connectivity index (χ0v) is 13.8. The summed E-state index contributed by atoms with van der Waals surface area (Å²) < 4.78 is 6.68. The van der Waals surface area contributed by atoms with Crippen LogP contribution in [0.2, 0.25) is 0 Å². The Bertz CT molecular complexity index is 739. The van der Waals surface area contributed by atoms with Crippen LogP contribution in [-0.2, 0) is 16.1 Å². The maximum Gasteiger partial charge on any atom is 0.261 e. The number of nitrogens with one attached hydrogen (secondary N) is 1. The van der Waals surface area contributed by atoms with Crippen LogP contribution in [0.5, 0.6) is 0 Å². The molecule has 0 spiro atoms. The van der Waals surface area contributed by atoms with Crippen molar-refractivity contribution in [3.05, 3.63) is 40.4 Å². The normalized spacial score (nSPS) is 12.3. The van der Waals surface area contributed by atoms with Crippen molar-refractivity contribution in [2.75, 3.05) is 13.7 Å². The van der Waals surface area contributed by atoms with Crippen LogP contribution in [0, 0.1) is 0 Å². The highest BCUT2D eigenvalue weighted by Crippen LogP contribution is 2.14. The van der Waals surface area contributed by atoms with E-state index >= 15 is 0 Å². The Morgan fingerprint density at radius 3 is 2.83 bits per heavy atom. The molecule has 1 atom stereocenters. The Morgan fingerprint density at radius 2 is 2.13 bits per heavy atom. The van der Waals surface area contributed by atoms with E-state index in [1.807, 2.05) is 32.0 Å².